The van der Waals surface area contributed by atoms with Crippen LogP contribution < -0.4 is 0 Å². The summed E-state index contributed by atoms with van der Waals surface area (Å²) in [6.07, 6.45) is 0. The van der Waals surface area contributed by atoms with Gasteiger partial charge in [-0.25, -0.2) is 0 Å². The van der Waals surface area contributed by atoms with E-state index in [1.807, 2.05) is 0 Å². The summed E-state index contributed by atoms with van der Waals surface area (Å²) in [5.41, 5.74) is 14.3. The first-order valence-corrected chi connectivity index (χ1v) is 7.99. The molecule has 0 heterocycles. The zero-order chi connectivity index (χ0) is 10.2. The Bertz CT molecular complexity index is 91.9. The summed E-state index contributed by atoms with van der Waals surface area (Å²) < 4.78 is 0. The van der Waals surface area contributed by atoms with Crippen LogP contribution in [0.15, 0.2) is 0 Å². The van der Waals surface area contributed by atoms with E-state index in [-0.39, 0.29) is 11.3 Å². The first-order valence-electron chi connectivity index (χ1n) is 3.69. The number of hydrogen-bond acceptors (Lipinski definition) is 0. The van der Waals surface area contributed by atoms with Crippen molar-refractivity contribution in [3.63, 3.8) is 0 Å². The van der Waals surface area contributed by atoms with Gasteiger partial charge in [-0.2, -0.15) is 0 Å². The summed E-state index contributed by atoms with van der Waals surface area (Å²) >= 11 is -0.556. The van der Waals surface area contributed by atoms with Crippen LogP contribution in [0.3, 0.4) is 0 Å². The molecule has 0 aliphatic heterocycles. The van der Waals surface area contributed by atoms with Crippen LogP contribution in [0.2, 0.25) is 0 Å². The Hall–Kier alpha value is 1.21. The molecule has 0 aromatic carbocycles. The van der Waals surface area contributed by atoms with Gasteiger partial charge in [0, 0.05) is 0 Å². The molecule has 0 aliphatic rings. The van der Waals surface area contributed by atoms with Crippen molar-refractivity contribution in [3.8, 4) is 0 Å². The third kappa shape index (κ3) is 9.30. The zero-order valence-electron chi connectivity index (χ0n) is 7.75. The topological polar surface area (TPSA) is 47.6 Å². The molecule has 0 aromatic rings. The van der Waals surface area contributed by atoms with Crippen LogP contribution in [0.4, 0.5) is 0 Å². The van der Waals surface area contributed by atoms with Gasteiger partial charge < -0.3 is 11.5 Å². The van der Waals surface area contributed by atoms with Crippen LogP contribution in [-0.4, -0.2) is 13.1 Å². The van der Waals surface area contributed by atoms with Crippen molar-refractivity contribution in [2.75, 3.05) is 13.1 Å². The van der Waals surface area contributed by atoms with E-state index in [0.29, 0.717) is 13.1 Å². The molecule has 74 valence electrons. The number of nitrogens with one attached hydrogen (secondary N) is 2. The van der Waals surface area contributed by atoms with E-state index in [4.69, 9.17) is 30.1 Å². The van der Waals surface area contributed by atoms with Crippen molar-refractivity contribution >= 4 is 18.6 Å². The summed E-state index contributed by atoms with van der Waals surface area (Å²) in [4.78, 5) is 0. The fraction of sp³-hybridized carbons (Fsp3) is 1.00. The molecule has 0 radical (unpaired) electrons. The molecule has 0 fully saturated rings. The second-order valence-corrected chi connectivity index (χ2v) is 6.12. The third-order valence-corrected chi connectivity index (χ3v) is 1.72. The molecule has 2 N–H and O–H groups in total. The molecular weight excluding hydrogens is 231 g/mol. The van der Waals surface area contributed by atoms with Gasteiger partial charge >= 0.3 is 35.6 Å². The van der Waals surface area contributed by atoms with Crippen molar-refractivity contribution in [1.82, 2.24) is 0 Å². The first-order chi connectivity index (χ1) is 5.43. The van der Waals surface area contributed by atoms with Crippen molar-refractivity contribution in [1.29, 1.82) is 0 Å². The van der Waals surface area contributed by atoms with Gasteiger partial charge in [-0.05, 0) is 5.41 Å². The molecule has 12 heavy (non-hydrogen) atoms. The van der Waals surface area contributed by atoms with Gasteiger partial charge in [0.25, 0.3) is 0 Å². The van der Waals surface area contributed by atoms with Crippen molar-refractivity contribution in [3.05, 3.63) is 11.5 Å². The third-order valence-electron chi connectivity index (χ3n) is 1.72. The molecule has 0 saturated carbocycles. The fourth-order valence-corrected chi connectivity index (χ4v) is 0.685. The molecule has 5 heteroatoms. The average molecular weight is 247 g/mol. The van der Waals surface area contributed by atoms with Crippen molar-refractivity contribution < 1.29 is 17.0 Å². The minimum atomic E-state index is -0.556. The molecule has 0 unspecified atom stereocenters. The van der Waals surface area contributed by atoms with Gasteiger partial charge in [0.15, 0.2) is 0 Å². The molecule has 0 aliphatic carbocycles. The summed E-state index contributed by atoms with van der Waals surface area (Å²) in [6.45, 7) is 7.02. The second-order valence-electron chi connectivity index (χ2n) is 3.54. The predicted molar refractivity (Wildman–Crippen MR) is 53.0 cm³/mol. The Morgan fingerprint density at radius 1 is 1.17 bits per heavy atom. The maximum atomic E-state index is 7.10. The minimum absolute atomic E-state index is 0.142. The Labute approximate surface area is 92.0 Å². The molecule has 0 atom stereocenters. The molecule has 0 saturated heterocycles. The van der Waals surface area contributed by atoms with E-state index in [2.05, 4.69) is 20.8 Å². The Kier molecular flexibility index (Phi) is 11.5. The molecule has 0 spiro atoms. The van der Waals surface area contributed by atoms with Gasteiger partial charge in [0.2, 0.25) is 0 Å². The monoisotopic (exact) mass is 246 g/mol. The van der Waals surface area contributed by atoms with Crippen LogP contribution in [-0.2, 0) is 17.0 Å². The normalized spacial score (nSPS) is 10.7. The van der Waals surface area contributed by atoms with Crippen molar-refractivity contribution in [2.45, 2.75) is 20.8 Å². The van der Waals surface area contributed by atoms with E-state index in [1.54, 1.807) is 0 Å². The van der Waals surface area contributed by atoms with E-state index in [1.165, 1.54) is 0 Å². The number of hydrogen-bond donors (Lipinski definition) is 0. The summed E-state index contributed by atoms with van der Waals surface area (Å²) in [5, 5.41) is 0. The molecular formula is C7H16Cl2N2Ti-2. The quantitative estimate of drug-likeness (QED) is 0.658. The predicted octanol–water partition coefficient (Wildman–Crippen LogP) is 4.13. The second kappa shape index (κ2) is 8.80. The summed E-state index contributed by atoms with van der Waals surface area (Å²) in [5.74, 6) is 0.234. The fourth-order valence-electron chi connectivity index (χ4n) is 0.685. The van der Waals surface area contributed by atoms with Gasteiger partial charge in [0.05, 0.1) is 0 Å². The van der Waals surface area contributed by atoms with Crippen molar-refractivity contribution in [2.24, 2.45) is 11.3 Å². The molecule has 0 bridgehead atoms. The van der Waals surface area contributed by atoms with E-state index in [9.17, 15) is 0 Å². The SMILES string of the molecule is CC(C)(C)C(C[NH-])C[NH-].[Cl][Ti][Cl]. The van der Waals surface area contributed by atoms with Gasteiger partial charge in [-0.15, -0.1) is 13.1 Å². The summed E-state index contributed by atoms with van der Waals surface area (Å²) in [6, 6.07) is 0. The van der Waals surface area contributed by atoms with E-state index < -0.39 is 17.0 Å². The summed E-state index contributed by atoms with van der Waals surface area (Å²) in [7, 11) is 9.78. The van der Waals surface area contributed by atoms with Gasteiger partial charge in [-0.1, -0.05) is 26.7 Å². The molecule has 0 amide bonds. The standard InChI is InChI=1S/C7H16N2.2ClH.Ti/c1-7(2,3)6(4-8)5-9;;;/h6,8-9H,4-5H2,1-3H3;2*1H;/q-2;;;+2/p-2. The zero-order valence-corrected chi connectivity index (χ0v) is 10.8. The van der Waals surface area contributed by atoms with Gasteiger partial charge in [-0.3, -0.25) is 0 Å². The number of rotatable bonds is 2. The van der Waals surface area contributed by atoms with Crippen LogP contribution in [0.1, 0.15) is 20.8 Å². The van der Waals surface area contributed by atoms with Crippen LogP contribution in [0.5, 0.6) is 0 Å². The Balaban J connectivity index is 0. The van der Waals surface area contributed by atoms with Crippen LogP contribution >= 0.6 is 18.6 Å². The Morgan fingerprint density at radius 2 is 1.42 bits per heavy atom. The van der Waals surface area contributed by atoms with Crippen LogP contribution in [0.25, 0.3) is 11.5 Å². The average Bonchev–Trinajstić information content (AvgIpc) is 1.88. The molecule has 0 aromatic heterocycles. The maximum absolute atomic E-state index is 7.10. The first kappa shape index (κ1) is 15.7. The van der Waals surface area contributed by atoms with E-state index >= 15 is 0 Å². The molecule has 0 rings (SSSR count). The van der Waals surface area contributed by atoms with Crippen LogP contribution in [0, 0.1) is 11.3 Å². The number of halogens is 2. The molecule has 2 nitrogen and oxygen atoms in total. The van der Waals surface area contributed by atoms with E-state index in [0.717, 1.165) is 0 Å². The van der Waals surface area contributed by atoms with Gasteiger partial charge in [0.1, 0.15) is 0 Å². The Morgan fingerprint density at radius 3 is 1.42 bits per heavy atom.